The molecule has 1 aromatic heterocycles. The maximum absolute atomic E-state index is 11.7. The van der Waals surface area contributed by atoms with Gasteiger partial charge in [0.1, 0.15) is 0 Å². The minimum Gasteiger partial charge on any atom is -0.352 e. The van der Waals surface area contributed by atoms with Gasteiger partial charge in [-0.25, -0.2) is 0 Å². The molecule has 0 unspecified atom stereocenters. The van der Waals surface area contributed by atoms with E-state index < -0.39 is 0 Å². The Morgan fingerprint density at radius 2 is 2.00 bits per heavy atom. The second-order valence-corrected chi connectivity index (χ2v) is 4.10. The van der Waals surface area contributed by atoms with Crippen LogP contribution in [0.1, 0.15) is 36.0 Å². The Morgan fingerprint density at radius 1 is 1.33 bits per heavy atom. The third kappa shape index (κ3) is 2.78. The highest BCUT2D eigenvalue weighted by atomic mass is 16.1. The lowest BCUT2D eigenvalue weighted by Gasteiger charge is -2.10. The molecule has 0 bridgehead atoms. The predicted molar refractivity (Wildman–Crippen MR) is 58.5 cm³/mol. The lowest BCUT2D eigenvalue weighted by Crippen LogP contribution is -2.28. The molecule has 80 valence electrons. The highest BCUT2D eigenvalue weighted by molar-refractivity contribution is 5.93. The fourth-order valence-corrected chi connectivity index (χ4v) is 2.06. The number of aromatic nitrogens is 1. The third-order valence-electron chi connectivity index (χ3n) is 2.97. The van der Waals surface area contributed by atoms with Crippen molar-refractivity contribution in [3.63, 3.8) is 0 Å². The minimum atomic E-state index is 0.0179. The highest BCUT2D eigenvalue weighted by Crippen LogP contribution is 2.23. The molecule has 0 radical (unpaired) electrons. The number of carbonyl (C=O) groups excluding carboxylic acids is 1. The monoisotopic (exact) mass is 204 g/mol. The Kier molecular flexibility index (Phi) is 3.33. The Morgan fingerprint density at radius 3 is 2.67 bits per heavy atom. The van der Waals surface area contributed by atoms with Gasteiger partial charge < -0.3 is 5.32 Å². The molecule has 3 nitrogen and oxygen atoms in total. The van der Waals surface area contributed by atoms with Crippen molar-refractivity contribution in [2.75, 3.05) is 6.54 Å². The van der Waals surface area contributed by atoms with Crippen molar-refractivity contribution in [3.8, 4) is 0 Å². The van der Waals surface area contributed by atoms with E-state index in [1.165, 1.54) is 25.7 Å². The molecule has 1 N–H and O–H groups in total. The van der Waals surface area contributed by atoms with Crippen LogP contribution >= 0.6 is 0 Å². The standard InChI is InChI=1S/C12H16N2O/c15-12(11-5-7-13-8-6-11)14-9-10-3-1-2-4-10/h5-8,10H,1-4,9H2,(H,14,15). The molecule has 3 heteroatoms. The molecule has 1 heterocycles. The third-order valence-corrected chi connectivity index (χ3v) is 2.97. The van der Waals surface area contributed by atoms with Gasteiger partial charge in [0.25, 0.3) is 5.91 Å². The molecule has 1 aromatic rings. The summed E-state index contributed by atoms with van der Waals surface area (Å²) in [6, 6.07) is 3.48. The van der Waals surface area contributed by atoms with E-state index in [9.17, 15) is 4.79 Å². The van der Waals surface area contributed by atoms with Crippen molar-refractivity contribution in [2.45, 2.75) is 25.7 Å². The molecule has 1 fully saturated rings. The van der Waals surface area contributed by atoms with Gasteiger partial charge >= 0.3 is 0 Å². The largest absolute Gasteiger partial charge is 0.352 e. The second kappa shape index (κ2) is 4.91. The number of carbonyl (C=O) groups is 1. The van der Waals surface area contributed by atoms with Crippen molar-refractivity contribution in [2.24, 2.45) is 5.92 Å². The van der Waals surface area contributed by atoms with E-state index in [2.05, 4.69) is 10.3 Å². The van der Waals surface area contributed by atoms with Crippen molar-refractivity contribution >= 4 is 5.91 Å². The van der Waals surface area contributed by atoms with E-state index in [-0.39, 0.29) is 5.91 Å². The van der Waals surface area contributed by atoms with E-state index in [4.69, 9.17) is 0 Å². The summed E-state index contributed by atoms with van der Waals surface area (Å²) in [4.78, 5) is 15.5. The maximum atomic E-state index is 11.7. The van der Waals surface area contributed by atoms with Crippen molar-refractivity contribution in [3.05, 3.63) is 30.1 Å². The molecular formula is C12H16N2O. The highest BCUT2D eigenvalue weighted by Gasteiger charge is 2.15. The van der Waals surface area contributed by atoms with Crippen LogP contribution in [-0.2, 0) is 0 Å². The molecule has 0 atom stereocenters. The van der Waals surface area contributed by atoms with Crippen LogP contribution in [0.15, 0.2) is 24.5 Å². The lowest BCUT2D eigenvalue weighted by molar-refractivity contribution is 0.0947. The van der Waals surface area contributed by atoms with E-state index in [1.54, 1.807) is 24.5 Å². The average molecular weight is 204 g/mol. The van der Waals surface area contributed by atoms with Crippen molar-refractivity contribution in [1.29, 1.82) is 0 Å². The first kappa shape index (κ1) is 10.1. The van der Waals surface area contributed by atoms with Crippen LogP contribution in [0.5, 0.6) is 0 Å². The summed E-state index contributed by atoms with van der Waals surface area (Å²) in [6.07, 6.45) is 8.44. The Labute approximate surface area is 89.9 Å². The van der Waals surface area contributed by atoms with Crippen LogP contribution in [-0.4, -0.2) is 17.4 Å². The zero-order valence-electron chi connectivity index (χ0n) is 8.78. The fourth-order valence-electron chi connectivity index (χ4n) is 2.06. The molecular weight excluding hydrogens is 188 g/mol. The smallest absolute Gasteiger partial charge is 0.251 e. The van der Waals surface area contributed by atoms with Gasteiger partial charge in [-0.15, -0.1) is 0 Å². The Bertz CT molecular complexity index is 318. The summed E-state index contributed by atoms with van der Waals surface area (Å²) in [6.45, 7) is 0.821. The molecule has 1 aliphatic rings. The number of rotatable bonds is 3. The second-order valence-electron chi connectivity index (χ2n) is 4.10. The number of nitrogens with zero attached hydrogens (tertiary/aromatic N) is 1. The Balaban J connectivity index is 1.82. The summed E-state index contributed by atoms with van der Waals surface area (Å²) < 4.78 is 0. The van der Waals surface area contributed by atoms with Crippen LogP contribution in [0, 0.1) is 5.92 Å². The first-order chi connectivity index (χ1) is 7.36. The summed E-state index contributed by atoms with van der Waals surface area (Å²) in [7, 11) is 0. The van der Waals surface area contributed by atoms with Gasteiger partial charge in [-0.2, -0.15) is 0 Å². The predicted octanol–water partition coefficient (Wildman–Crippen LogP) is 2.00. The summed E-state index contributed by atoms with van der Waals surface area (Å²) in [5.74, 6) is 0.708. The van der Waals surface area contributed by atoms with Gasteiger partial charge in [-0.3, -0.25) is 9.78 Å². The molecule has 0 saturated heterocycles. The first-order valence-corrected chi connectivity index (χ1v) is 5.54. The molecule has 0 aliphatic heterocycles. The normalized spacial score (nSPS) is 16.5. The molecule has 2 rings (SSSR count). The van der Waals surface area contributed by atoms with Crippen molar-refractivity contribution < 1.29 is 4.79 Å². The fraction of sp³-hybridized carbons (Fsp3) is 0.500. The van der Waals surface area contributed by atoms with E-state index >= 15 is 0 Å². The Hall–Kier alpha value is -1.38. The van der Waals surface area contributed by atoms with Gasteiger partial charge in [0, 0.05) is 24.5 Å². The minimum absolute atomic E-state index is 0.0179. The van der Waals surface area contributed by atoms with Crippen LogP contribution in [0.2, 0.25) is 0 Å². The molecule has 1 amide bonds. The van der Waals surface area contributed by atoms with Gasteiger partial charge in [-0.05, 0) is 30.9 Å². The van der Waals surface area contributed by atoms with Crippen molar-refractivity contribution in [1.82, 2.24) is 10.3 Å². The van der Waals surface area contributed by atoms with E-state index in [0.717, 1.165) is 6.54 Å². The van der Waals surface area contributed by atoms with E-state index in [1.807, 2.05) is 0 Å². The molecule has 1 aliphatic carbocycles. The number of amides is 1. The summed E-state index contributed by atoms with van der Waals surface area (Å²) in [5, 5.41) is 2.97. The maximum Gasteiger partial charge on any atom is 0.251 e. The number of hydrogen-bond donors (Lipinski definition) is 1. The topological polar surface area (TPSA) is 42.0 Å². The first-order valence-electron chi connectivity index (χ1n) is 5.54. The van der Waals surface area contributed by atoms with Crippen LogP contribution in [0.3, 0.4) is 0 Å². The molecule has 15 heavy (non-hydrogen) atoms. The summed E-state index contributed by atoms with van der Waals surface area (Å²) >= 11 is 0. The number of hydrogen-bond acceptors (Lipinski definition) is 2. The van der Waals surface area contributed by atoms with Crippen LogP contribution in [0.4, 0.5) is 0 Å². The molecule has 0 aromatic carbocycles. The van der Waals surface area contributed by atoms with Gasteiger partial charge in [0.15, 0.2) is 0 Å². The zero-order chi connectivity index (χ0) is 10.5. The lowest BCUT2D eigenvalue weighted by atomic mass is 10.1. The molecule has 0 spiro atoms. The average Bonchev–Trinajstić information content (AvgIpc) is 2.80. The van der Waals surface area contributed by atoms with Crippen LogP contribution < -0.4 is 5.32 Å². The van der Waals surface area contributed by atoms with Gasteiger partial charge in [0.2, 0.25) is 0 Å². The SMILES string of the molecule is O=C(NCC1CCCC1)c1ccncc1. The quantitative estimate of drug-likeness (QED) is 0.818. The zero-order valence-corrected chi connectivity index (χ0v) is 8.78. The van der Waals surface area contributed by atoms with E-state index in [0.29, 0.717) is 11.5 Å². The number of nitrogens with one attached hydrogen (secondary N) is 1. The molecule has 1 saturated carbocycles. The number of pyridine rings is 1. The van der Waals surface area contributed by atoms with Gasteiger partial charge in [0.05, 0.1) is 0 Å². The van der Waals surface area contributed by atoms with Crippen LogP contribution in [0.25, 0.3) is 0 Å². The summed E-state index contributed by atoms with van der Waals surface area (Å²) in [5.41, 5.74) is 0.697. The van der Waals surface area contributed by atoms with Gasteiger partial charge in [-0.1, -0.05) is 12.8 Å².